The molecule has 1 aromatic heterocycles. The standard InChI is InChI=1S/C8H8N4O/c1-12-3-2-5-6(4-9)10-11-7(5)8(12)13/h2-3H2,1H3,(H,10,11). The predicted molar refractivity (Wildman–Crippen MR) is 44.0 cm³/mol. The quantitative estimate of drug-likeness (QED) is 0.600. The summed E-state index contributed by atoms with van der Waals surface area (Å²) in [7, 11) is 1.73. The Bertz CT molecular complexity index is 401. The molecule has 5 nitrogen and oxygen atoms in total. The van der Waals surface area contributed by atoms with E-state index in [1.54, 1.807) is 11.9 Å². The fourth-order valence-electron chi connectivity index (χ4n) is 1.45. The van der Waals surface area contributed by atoms with Crippen molar-refractivity contribution in [1.82, 2.24) is 15.1 Å². The monoisotopic (exact) mass is 176 g/mol. The summed E-state index contributed by atoms with van der Waals surface area (Å²) in [5.74, 6) is -0.0877. The highest BCUT2D eigenvalue weighted by molar-refractivity contribution is 5.95. The largest absolute Gasteiger partial charge is 0.340 e. The summed E-state index contributed by atoms with van der Waals surface area (Å²) in [5.41, 5.74) is 1.56. The van der Waals surface area contributed by atoms with Crippen LogP contribution in [0.1, 0.15) is 21.7 Å². The zero-order chi connectivity index (χ0) is 9.42. The molecule has 5 heteroatoms. The number of H-pyrrole nitrogens is 1. The molecule has 1 aromatic rings. The van der Waals surface area contributed by atoms with Gasteiger partial charge in [-0.05, 0) is 6.42 Å². The van der Waals surface area contributed by atoms with E-state index in [0.29, 0.717) is 24.4 Å². The molecule has 0 atom stereocenters. The van der Waals surface area contributed by atoms with Crippen LogP contribution in [-0.4, -0.2) is 34.6 Å². The lowest BCUT2D eigenvalue weighted by Gasteiger charge is -2.21. The molecule has 0 saturated heterocycles. The Morgan fingerprint density at radius 2 is 2.46 bits per heavy atom. The van der Waals surface area contributed by atoms with Crippen molar-refractivity contribution in [3.05, 3.63) is 17.0 Å². The lowest BCUT2D eigenvalue weighted by molar-refractivity contribution is 0.0775. The lowest BCUT2D eigenvalue weighted by atomic mass is 10.1. The van der Waals surface area contributed by atoms with Crippen LogP contribution in [0.3, 0.4) is 0 Å². The molecular weight excluding hydrogens is 168 g/mol. The van der Waals surface area contributed by atoms with Crippen molar-refractivity contribution in [3.63, 3.8) is 0 Å². The van der Waals surface area contributed by atoms with Gasteiger partial charge < -0.3 is 4.90 Å². The van der Waals surface area contributed by atoms with E-state index in [2.05, 4.69) is 10.2 Å². The maximum absolute atomic E-state index is 11.5. The molecule has 0 fully saturated rings. The molecule has 0 saturated carbocycles. The van der Waals surface area contributed by atoms with Crippen LogP contribution in [0.5, 0.6) is 0 Å². The van der Waals surface area contributed by atoms with E-state index in [0.717, 1.165) is 5.56 Å². The number of amides is 1. The van der Waals surface area contributed by atoms with Crippen LogP contribution in [0.25, 0.3) is 0 Å². The van der Waals surface area contributed by atoms with E-state index >= 15 is 0 Å². The minimum Gasteiger partial charge on any atom is -0.340 e. The Balaban J connectivity index is 2.53. The highest BCUT2D eigenvalue weighted by Crippen LogP contribution is 2.18. The van der Waals surface area contributed by atoms with Gasteiger partial charge in [-0.1, -0.05) is 0 Å². The number of nitriles is 1. The summed E-state index contributed by atoms with van der Waals surface area (Å²) < 4.78 is 0. The van der Waals surface area contributed by atoms with E-state index in [-0.39, 0.29) is 5.91 Å². The summed E-state index contributed by atoms with van der Waals surface area (Å²) in [6.07, 6.45) is 0.705. The van der Waals surface area contributed by atoms with Crippen LogP contribution in [-0.2, 0) is 6.42 Å². The van der Waals surface area contributed by atoms with Crippen molar-refractivity contribution in [2.24, 2.45) is 0 Å². The number of aromatic nitrogens is 2. The molecule has 13 heavy (non-hydrogen) atoms. The van der Waals surface area contributed by atoms with Gasteiger partial charge in [0.15, 0.2) is 5.69 Å². The smallest absolute Gasteiger partial charge is 0.271 e. The summed E-state index contributed by atoms with van der Waals surface area (Å²) in [6, 6.07) is 1.96. The molecular formula is C8H8N4O. The van der Waals surface area contributed by atoms with Crippen molar-refractivity contribution >= 4 is 5.91 Å². The molecule has 1 N–H and O–H groups in total. The molecule has 1 aliphatic heterocycles. The fraction of sp³-hybridized carbons (Fsp3) is 0.375. The number of likely N-dealkylation sites (N-methyl/N-ethyl adjacent to an activating group) is 1. The second-order valence-corrected chi connectivity index (χ2v) is 3.01. The van der Waals surface area contributed by atoms with Crippen molar-refractivity contribution in [3.8, 4) is 6.07 Å². The number of nitrogens with one attached hydrogen (secondary N) is 1. The van der Waals surface area contributed by atoms with Crippen molar-refractivity contribution in [1.29, 1.82) is 5.26 Å². The first-order chi connectivity index (χ1) is 6.24. The van der Waals surface area contributed by atoms with Gasteiger partial charge in [-0.25, -0.2) is 0 Å². The Morgan fingerprint density at radius 3 is 3.15 bits per heavy atom. The molecule has 0 radical (unpaired) electrons. The van der Waals surface area contributed by atoms with Gasteiger partial charge in [0.1, 0.15) is 11.8 Å². The maximum Gasteiger partial charge on any atom is 0.271 e. The normalized spacial score (nSPS) is 15.4. The summed E-state index contributed by atoms with van der Waals surface area (Å²) in [4.78, 5) is 13.1. The molecule has 1 amide bonds. The third-order valence-corrected chi connectivity index (χ3v) is 2.23. The van der Waals surface area contributed by atoms with E-state index in [1.165, 1.54) is 0 Å². The Kier molecular flexibility index (Phi) is 1.55. The molecule has 1 aliphatic rings. The summed E-state index contributed by atoms with van der Waals surface area (Å²) >= 11 is 0. The highest BCUT2D eigenvalue weighted by Gasteiger charge is 2.26. The number of hydrogen-bond donors (Lipinski definition) is 1. The first-order valence-electron chi connectivity index (χ1n) is 3.97. The predicted octanol–water partition coefficient (Wildman–Crippen LogP) is -0.0905. The minimum atomic E-state index is -0.0877. The summed E-state index contributed by atoms with van der Waals surface area (Å²) in [5, 5.41) is 15.0. The van der Waals surface area contributed by atoms with E-state index in [4.69, 9.17) is 5.26 Å². The van der Waals surface area contributed by atoms with E-state index < -0.39 is 0 Å². The minimum absolute atomic E-state index is 0.0877. The number of carbonyl (C=O) groups excluding carboxylic acids is 1. The van der Waals surface area contributed by atoms with Crippen molar-refractivity contribution < 1.29 is 4.79 Å². The number of hydrogen-bond acceptors (Lipinski definition) is 3. The van der Waals surface area contributed by atoms with E-state index in [9.17, 15) is 4.79 Å². The molecule has 2 heterocycles. The SMILES string of the molecule is CN1CCc2c(C#N)n[nH]c2C1=O. The van der Waals surface area contributed by atoms with Gasteiger partial charge in [0.2, 0.25) is 0 Å². The number of rotatable bonds is 0. The van der Waals surface area contributed by atoms with Gasteiger partial charge in [0.05, 0.1) is 0 Å². The summed E-state index contributed by atoms with van der Waals surface area (Å²) in [6.45, 7) is 0.653. The zero-order valence-electron chi connectivity index (χ0n) is 7.16. The second-order valence-electron chi connectivity index (χ2n) is 3.01. The number of nitrogens with zero attached hydrogens (tertiary/aromatic N) is 3. The average molecular weight is 176 g/mol. The third kappa shape index (κ3) is 0.991. The number of fused-ring (bicyclic) bond motifs is 1. The molecule has 66 valence electrons. The highest BCUT2D eigenvalue weighted by atomic mass is 16.2. The van der Waals surface area contributed by atoms with Gasteiger partial charge in [-0.3, -0.25) is 9.89 Å². The lowest BCUT2D eigenvalue weighted by Crippen LogP contribution is -2.34. The van der Waals surface area contributed by atoms with Gasteiger partial charge >= 0.3 is 0 Å². The fourth-order valence-corrected chi connectivity index (χ4v) is 1.45. The molecule has 2 rings (SSSR count). The van der Waals surface area contributed by atoms with Crippen LogP contribution in [0.2, 0.25) is 0 Å². The average Bonchev–Trinajstić information content (AvgIpc) is 2.55. The first-order valence-corrected chi connectivity index (χ1v) is 3.97. The molecule has 0 spiro atoms. The molecule has 0 aromatic carbocycles. The Labute approximate surface area is 75.0 Å². The Morgan fingerprint density at radius 1 is 1.69 bits per heavy atom. The van der Waals surface area contributed by atoms with Crippen LogP contribution in [0.4, 0.5) is 0 Å². The van der Waals surface area contributed by atoms with Crippen LogP contribution in [0, 0.1) is 11.3 Å². The van der Waals surface area contributed by atoms with E-state index in [1.807, 2.05) is 6.07 Å². The topological polar surface area (TPSA) is 72.8 Å². The van der Waals surface area contributed by atoms with Crippen molar-refractivity contribution in [2.45, 2.75) is 6.42 Å². The Hall–Kier alpha value is -1.83. The van der Waals surface area contributed by atoms with Crippen LogP contribution >= 0.6 is 0 Å². The zero-order valence-corrected chi connectivity index (χ0v) is 7.16. The van der Waals surface area contributed by atoms with Gasteiger partial charge in [0, 0.05) is 19.2 Å². The first kappa shape index (κ1) is 7.80. The van der Waals surface area contributed by atoms with Gasteiger partial charge in [0.25, 0.3) is 5.91 Å². The van der Waals surface area contributed by atoms with Gasteiger partial charge in [-0.15, -0.1) is 0 Å². The molecule has 0 bridgehead atoms. The number of carbonyl (C=O) groups is 1. The van der Waals surface area contributed by atoms with Gasteiger partial charge in [-0.2, -0.15) is 10.4 Å². The van der Waals surface area contributed by atoms with Crippen molar-refractivity contribution in [2.75, 3.05) is 13.6 Å². The number of aromatic amines is 1. The van der Waals surface area contributed by atoms with Crippen LogP contribution < -0.4 is 0 Å². The second kappa shape index (κ2) is 2.59. The third-order valence-electron chi connectivity index (χ3n) is 2.23. The maximum atomic E-state index is 11.5. The molecule has 0 unspecified atom stereocenters. The van der Waals surface area contributed by atoms with Crippen LogP contribution in [0.15, 0.2) is 0 Å². The molecule has 0 aliphatic carbocycles.